The van der Waals surface area contributed by atoms with E-state index in [4.69, 9.17) is 23.2 Å². The molecule has 0 radical (unpaired) electrons. The maximum Gasteiger partial charge on any atom is 0.255 e. The van der Waals surface area contributed by atoms with Gasteiger partial charge in [-0.05, 0) is 42.7 Å². The molecule has 0 atom stereocenters. The molecule has 0 saturated carbocycles. The number of nitrogens with one attached hydrogen (secondary N) is 2. The first kappa shape index (κ1) is 14.2. The minimum Gasteiger partial charge on any atom is -0.384 e. The Balaban J connectivity index is 1.89. The summed E-state index contributed by atoms with van der Waals surface area (Å²) in [6, 6.07) is 9.19. The number of halogens is 2. The Labute approximate surface area is 133 Å². The van der Waals surface area contributed by atoms with Crippen LogP contribution in [-0.2, 0) is 6.42 Å². The molecule has 1 aliphatic rings. The highest BCUT2D eigenvalue weighted by atomic mass is 35.5. The molecule has 0 spiro atoms. The van der Waals surface area contributed by atoms with Gasteiger partial charge in [-0.25, -0.2) is 0 Å². The van der Waals surface area contributed by atoms with Crippen LogP contribution in [0.5, 0.6) is 0 Å². The fourth-order valence-corrected chi connectivity index (χ4v) is 2.85. The van der Waals surface area contributed by atoms with Crippen LogP contribution in [0.4, 0.5) is 11.4 Å². The summed E-state index contributed by atoms with van der Waals surface area (Å²) in [4.78, 5) is 12.4. The Morgan fingerprint density at radius 1 is 1.24 bits per heavy atom. The quantitative estimate of drug-likeness (QED) is 0.854. The van der Waals surface area contributed by atoms with Crippen LogP contribution in [0.1, 0.15) is 21.5 Å². The van der Waals surface area contributed by atoms with Gasteiger partial charge >= 0.3 is 0 Å². The van der Waals surface area contributed by atoms with E-state index in [-0.39, 0.29) is 5.91 Å². The lowest BCUT2D eigenvalue weighted by molar-refractivity contribution is 0.102. The zero-order chi connectivity index (χ0) is 15.0. The lowest BCUT2D eigenvalue weighted by Gasteiger charge is -2.12. The van der Waals surface area contributed by atoms with Crippen molar-refractivity contribution in [3.63, 3.8) is 0 Å². The third-order valence-electron chi connectivity index (χ3n) is 3.60. The Morgan fingerprint density at radius 2 is 2.05 bits per heavy atom. The molecule has 0 fully saturated rings. The lowest BCUT2D eigenvalue weighted by atomic mass is 10.1. The fourth-order valence-electron chi connectivity index (χ4n) is 2.39. The van der Waals surface area contributed by atoms with Crippen molar-refractivity contribution in [2.75, 3.05) is 17.2 Å². The highest BCUT2D eigenvalue weighted by molar-refractivity contribution is 6.40. The van der Waals surface area contributed by atoms with Gasteiger partial charge in [0, 0.05) is 17.8 Å². The van der Waals surface area contributed by atoms with E-state index in [9.17, 15) is 4.79 Å². The molecule has 1 amide bonds. The van der Waals surface area contributed by atoms with Gasteiger partial charge in [0.1, 0.15) is 0 Å². The molecule has 0 saturated heterocycles. The third kappa shape index (κ3) is 2.71. The predicted molar refractivity (Wildman–Crippen MR) is 87.8 cm³/mol. The Kier molecular flexibility index (Phi) is 3.79. The van der Waals surface area contributed by atoms with Gasteiger partial charge in [-0.15, -0.1) is 0 Å². The summed E-state index contributed by atoms with van der Waals surface area (Å²) in [5, 5.41) is 6.95. The van der Waals surface area contributed by atoms with Crippen molar-refractivity contribution in [1.82, 2.24) is 0 Å². The molecular weight excluding hydrogens is 307 g/mol. The molecule has 2 aromatic rings. The van der Waals surface area contributed by atoms with Gasteiger partial charge in [-0.3, -0.25) is 4.79 Å². The molecule has 3 rings (SSSR count). The molecule has 0 aromatic heterocycles. The minimum atomic E-state index is -0.221. The predicted octanol–water partition coefficient (Wildman–Crippen LogP) is 4.52. The first-order valence-corrected chi connectivity index (χ1v) is 7.44. The molecule has 2 aromatic carbocycles. The van der Waals surface area contributed by atoms with Crippen molar-refractivity contribution >= 4 is 40.5 Å². The number of benzene rings is 2. The Bertz CT molecular complexity index is 728. The molecule has 3 nitrogen and oxygen atoms in total. The number of amides is 1. The summed E-state index contributed by atoms with van der Waals surface area (Å²) in [5.41, 5.74) is 4.16. The third-order valence-corrected chi connectivity index (χ3v) is 4.41. The van der Waals surface area contributed by atoms with Crippen molar-refractivity contribution in [3.05, 3.63) is 57.1 Å². The van der Waals surface area contributed by atoms with E-state index >= 15 is 0 Å². The zero-order valence-corrected chi connectivity index (χ0v) is 13.0. The molecule has 0 unspecified atom stereocenters. The number of anilines is 2. The van der Waals surface area contributed by atoms with Gasteiger partial charge < -0.3 is 10.6 Å². The number of rotatable bonds is 2. The SMILES string of the molecule is Cc1ccc(Cl)c(NC(=O)c2ccc3c(c2)NCC3)c1Cl. The molecule has 21 heavy (non-hydrogen) atoms. The van der Waals surface area contributed by atoms with Crippen molar-refractivity contribution < 1.29 is 4.79 Å². The molecule has 2 N–H and O–H groups in total. The number of carbonyl (C=O) groups is 1. The maximum atomic E-state index is 12.4. The lowest BCUT2D eigenvalue weighted by Crippen LogP contribution is -2.13. The summed E-state index contributed by atoms with van der Waals surface area (Å²) >= 11 is 12.3. The second-order valence-electron chi connectivity index (χ2n) is 5.06. The van der Waals surface area contributed by atoms with E-state index in [0.717, 1.165) is 24.2 Å². The summed E-state index contributed by atoms with van der Waals surface area (Å²) in [5.74, 6) is -0.221. The average molecular weight is 321 g/mol. The van der Waals surface area contributed by atoms with Crippen LogP contribution in [0.2, 0.25) is 10.0 Å². The summed E-state index contributed by atoms with van der Waals surface area (Å²) in [6.07, 6.45) is 0.993. The molecule has 0 bridgehead atoms. The monoisotopic (exact) mass is 320 g/mol. The Hall–Kier alpha value is -1.71. The highest BCUT2D eigenvalue weighted by Crippen LogP contribution is 2.33. The first-order valence-electron chi connectivity index (χ1n) is 6.69. The van der Waals surface area contributed by atoms with Gasteiger partial charge in [-0.1, -0.05) is 35.3 Å². The number of carbonyl (C=O) groups excluding carboxylic acids is 1. The van der Waals surface area contributed by atoms with Crippen molar-refractivity contribution in [3.8, 4) is 0 Å². The van der Waals surface area contributed by atoms with Gasteiger partial charge in [0.25, 0.3) is 5.91 Å². The molecule has 5 heteroatoms. The maximum absolute atomic E-state index is 12.4. The molecule has 1 heterocycles. The molecule has 108 valence electrons. The van der Waals surface area contributed by atoms with Crippen molar-refractivity contribution in [1.29, 1.82) is 0 Å². The van der Waals surface area contributed by atoms with Crippen LogP contribution >= 0.6 is 23.2 Å². The summed E-state index contributed by atoms with van der Waals surface area (Å²) in [7, 11) is 0. The van der Waals surface area contributed by atoms with E-state index in [1.165, 1.54) is 5.56 Å². The number of fused-ring (bicyclic) bond motifs is 1. The molecule has 0 aliphatic carbocycles. The average Bonchev–Trinajstić information content (AvgIpc) is 2.94. The van der Waals surface area contributed by atoms with E-state index in [2.05, 4.69) is 10.6 Å². The molecule has 1 aliphatic heterocycles. The van der Waals surface area contributed by atoms with Gasteiger partial charge in [-0.2, -0.15) is 0 Å². The zero-order valence-electron chi connectivity index (χ0n) is 11.5. The standard InChI is InChI=1S/C16H14Cl2N2O/c1-9-2-5-12(17)15(14(9)18)20-16(21)11-4-3-10-6-7-19-13(10)8-11/h2-5,8,19H,6-7H2,1H3,(H,20,21). The van der Waals surface area contributed by atoms with Crippen LogP contribution in [0.3, 0.4) is 0 Å². The second kappa shape index (κ2) is 5.58. The number of hydrogen-bond donors (Lipinski definition) is 2. The first-order chi connectivity index (χ1) is 10.1. The normalized spacial score (nSPS) is 12.7. The molecular formula is C16H14Cl2N2O. The minimum absolute atomic E-state index is 0.221. The fraction of sp³-hybridized carbons (Fsp3) is 0.188. The summed E-state index contributed by atoms with van der Waals surface area (Å²) in [6.45, 7) is 2.78. The smallest absolute Gasteiger partial charge is 0.255 e. The number of hydrogen-bond acceptors (Lipinski definition) is 2. The second-order valence-corrected chi connectivity index (χ2v) is 5.84. The van der Waals surface area contributed by atoms with Crippen LogP contribution in [-0.4, -0.2) is 12.5 Å². The van der Waals surface area contributed by atoms with E-state index in [1.807, 2.05) is 31.2 Å². The van der Waals surface area contributed by atoms with Crippen LogP contribution in [0, 0.1) is 6.92 Å². The van der Waals surface area contributed by atoms with Gasteiger partial charge in [0.15, 0.2) is 0 Å². The van der Waals surface area contributed by atoms with E-state index in [1.54, 1.807) is 6.07 Å². The Morgan fingerprint density at radius 3 is 2.86 bits per heavy atom. The van der Waals surface area contributed by atoms with Gasteiger partial charge in [0.05, 0.1) is 15.7 Å². The van der Waals surface area contributed by atoms with Crippen molar-refractivity contribution in [2.45, 2.75) is 13.3 Å². The van der Waals surface area contributed by atoms with E-state index in [0.29, 0.717) is 21.3 Å². The van der Waals surface area contributed by atoms with Crippen LogP contribution < -0.4 is 10.6 Å². The van der Waals surface area contributed by atoms with Crippen LogP contribution in [0.15, 0.2) is 30.3 Å². The highest BCUT2D eigenvalue weighted by Gasteiger charge is 2.16. The largest absolute Gasteiger partial charge is 0.384 e. The number of aryl methyl sites for hydroxylation is 1. The van der Waals surface area contributed by atoms with E-state index < -0.39 is 0 Å². The topological polar surface area (TPSA) is 41.1 Å². The van der Waals surface area contributed by atoms with Crippen LogP contribution in [0.25, 0.3) is 0 Å². The summed E-state index contributed by atoms with van der Waals surface area (Å²) < 4.78 is 0. The van der Waals surface area contributed by atoms with Crippen molar-refractivity contribution in [2.24, 2.45) is 0 Å². The van der Waals surface area contributed by atoms with Gasteiger partial charge in [0.2, 0.25) is 0 Å².